The lowest BCUT2D eigenvalue weighted by Gasteiger charge is -2.40. The van der Waals surface area contributed by atoms with Gasteiger partial charge in [-0.1, -0.05) is 47.6 Å². The third-order valence-corrected chi connectivity index (χ3v) is 6.04. The zero-order chi connectivity index (χ0) is 19.4. The van der Waals surface area contributed by atoms with Gasteiger partial charge in [0.05, 0.1) is 5.39 Å². The number of benzene rings is 2. The van der Waals surface area contributed by atoms with Crippen molar-refractivity contribution in [3.63, 3.8) is 0 Å². The zero-order valence-corrected chi connectivity index (χ0v) is 16.0. The molecule has 3 aromatic rings. The SMILES string of the molecule is O=C(c1onc2ccccc12)N1CCC(CO)(CCCc2ccccc2)CC1. The van der Waals surface area contributed by atoms with Gasteiger partial charge in [-0.25, -0.2) is 0 Å². The first-order valence-electron chi connectivity index (χ1n) is 9.99. The Bertz CT molecular complexity index is 927. The van der Waals surface area contributed by atoms with Crippen molar-refractivity contribution in [3.05, 3.63) is 65.9 Å². The third kappa shape index (κ3) is 3.80. The van der Waals surface area contributed by atoms with Gasteiger partial charge in [-0.2, -0.15) is 0 Å². The molecule has 2 aromatic carbocycles. The van der Waals surface area contributed by atoms with Crippen LogP contribution < -0.4 is 0 Å². The van der Waals surface area contributed by atoms with Crippen LogP contribution in [0, 0.1) is 5.41 Å². The maximum absolute atomic E-state index is 12.9. The Kier molecular flexibility index (Phi) is 5.44. The van der Waals surface area contributed by atoms with Gasteiger partial charge in [0.1, 0.15) is 5.52 Å². The second kappa shape index (κ2) is 8.15. The van der Waals surface area contributed by atoms with Gasteiger partial charge in [0.25, 0.3) is 5.91 Å². The molecule has 0 spiro atoms. The maximum Gasteiger partial charge on any atom is 0.293 e. The van der Waals surface area contributed by atoms with E-state index < -0.39 is 0 Å². The van der Waals surface area contributed by atoms with Crippen molar-refractivity contribution in [2.45, 2.75) is 32.1 Å². The number of carbonyl (C=O) groups excluding carboxylic acids is 1. The Morgan fingerprint density at radius 3 is 2.54 bits per heavy atom. The van der Waals surface area contributed by atoms with Crippen LogP contribution in [-0.4, -0.2) is 40.8 Å². The van der Waals surface area contributed by atoms with Crippen LogP contribution in [0.15, 0.2) is 59.1 Å². The summed E-state index contributed by atoms with van der Waals surface area (Å²) in [5, 5.41) is 14.8. The average Bonchev–Trinajstić information content (AvgIpc) is 3.19. The lowest BCUT2D eigenvalue weighted by Crippen LogP contribution is -2.44. The number of piperidine rings is 1. The van der Waals surface area contributed by atoms with Gasteiger partial charge in [0, 0.05) is 19.7 Å². The number of aromatic nitrogens is 1. The molecular formula is C23H26N2O3. The minimum atomic E-state index is -0.107. The second-order valence-corrected chi connectivity index (χ2v) is 7.82. The van der Waals surface area contributed by atoms with Gasteiger partial charge >= 0.3 is 0 Å². The highest BCUT2D eigenvalue weighted by molar-refractivity contribution is 6.03. The van der Waals surface area contributed by atoms with E-state index in [2.05, 4.69) is 29.4 Å². The average molecular weight is 378 g/mol. The predicted molar refractivity (Wildman–Crippen MR) is 108 cm³/mol. The maximum atomic E-state index is 12.9. The van der Waals surface area contributed by atoms with E-state index in [0.29, 0.717) is 24.4 Å². The monoisotopic (exact) mass is 378 g/mol. The molecule has 1 aliphatic rings. The number of aryl methyl sites for hydroxylation is 1. The van der Waals surface area contributed by atoms with Crippen LogP contribution in [-0.2, 0) is 6.42 Å². The molecule has 0 atom stereocenters. The molecule has 0 unspecified atom stereocenters. The van der Waals surface area contributed by atoms with Crippen LogP contribution in [0.1, 0.15) is 41.8 Å². The fraction of sp³-hybridized carbons (Fsp3) is 0.391. The van der Waals surface area contributed by atoms with Crippen molar-refractivity contribution >= 4 is 16.8 Å². The molecule has 0 saturated carbocycles. The van der Waals surface area contributed by atoms with Crippen molar-refractivity contribution in [2.75, 3.05) is 19.7 Å². The van der Waals surface area contributed by atoms with Crippen LogP contribution in [0.25, 0.3) is 10.9 Å². The van der Waals surface area contributed by atoms with Crippen LogP contribution in [0.5, 0.6) is 0 Å². The number of carbonyl (C=O) groups is 1. The molecule has 2 heterocycles. The van der Waals surface area contributed by atoms with E-state index in [4.69, 9.17) is 4.52 Å². The van der Waals surface area contributed by atoms with Gasteiger partial charge in [-0.15, -0.1) is 0 Å². The first-order chi connectivity index (χ1) is 13.7. The molecule has 1 aliphatic heterocycles. The number of hydrogen-bond donors (Lipinski definition) is 1. The van der Waals surface area contributed by atoms with Crippen LogP contribution in [0.4, 0.5) is 0 Å². The lowest BCUT2D eigenvalue weighted by molar-refractivity contribution is 0.0284. The van der Waals surface area contributed by atoms with Gasteiger partial charge in [0.2, 0.25) is 5.76 Å². The predicted octanol–water partition coefficient (Wildman–Crippen LogP) is 4.07. The summed E-state index contributed by atoms with van der Waals surface area (Å²) in [5.41, 5.74) is 1.95. The first kappa shape index (κ1) is 18.7. The molecule has 5 heteroatoms. The highest BCUT2D eigenvalue weighted by Crippen LogP contribution is 2.37. The smallest absolute Gasteiger partial charge is 0.293 e. The van der Waals surface area contributed by atoms with Crippen molar-refractivity contribution in [1.29, 1.82) is 0 Å². The van der Waals surface area contributed by atoms with Crippen molar-refractivity contribution < 1.29 is 14.4 Å². The highest BCUT2D eigenvalue weighted by atomic mass is 16.5. The van der Waals surface area contributed by atoms with Crippen molar-refractivity contribution in [1.82, 2.24) is 10.1 Å². The quantitative estimate of drug-likeness (QED) is 0.702. The van der Waals surface area contributed by atoms with E-state index in [9.17, 15) is 9.90 Å². The fourth-order valence-electron chi connectivity index (χ4n) is 4.17. The number of likely N-dealkylation sites (tertiary alicyclic amines) is 1. The number of amides is 1. The summed E-state index contributed by atoms with van der Waals surface area (Å²) in [6, 6.07) is 17.9. The Morgan fingerprint density at radius 2 is 1.79 bits per heavy atom. The van der Waals surface area contributed by atoms with Crippen LogP contribution >= 0.6 is 0 Å². The molecule has 146 valence electrons. The Balaban J connectivity index is 1.36. The highest BCUT2D eigenvalue weighted by Gasteiger charge is 2.36. The van der Waals surface area contributed by atoms with Crippen molar-refractivity contribution in [3.8, 4) is 0 Å². The Hall–Kier alpha value is -2.66. The molecule has 1 saturated heterocycles. The Morgan fingerprint density at radius 1 is 1.07 bits per heavy atom. The Labute approximate surface area is 164 Å². The topological polar surface area (TPSA) is 66.6 Å². The fourth-order valence-corrected chi connectivity index (χ4v) is 4.17. The summed E-state index contributed by atoms with van der Waals surface area (Å²) >= 11 is 0. The van der Waals surface area contributed by atoms with E-state index in [1.165, 1.54) is 5.56 Å². The van der Waals surface area contributed by atoms with Crippen LogP contribution in [0.2, 0.25) is 0 Å². The number of aliphatic hydroxyl groups excluding tert-OH is 1. The first-order valence-corrected chi connectivity index (χ1v) is 9.99. The van der Waals surface area contributed by atoms with Gasteiger partial charge in [-0.3, -0.25) is 4.79 Å². The molecule has 28 heavy (non-hydrogen) atoms. The summed E-state index contributed by atoms with van der Waals surface area (Å²) in [4.78, 5) is 14.7. The normalized spacial score (nSPS) is 16.4. The van der Waals surface area contributed by atoms with Gasteiger partial charge < -0.3 is 14.5 Å². The number of hydrogen-bond acceptors (Lipinski definition) is 4. The van der Waals surface area contributed by atoms with Crippen molar-refractivity contribution in [2.24, 2.45) is 5.41 Å². The molecule has 0 bridgehead atoms. The molecule has 1 aromatic heterocycles. The largest absolute Gasteiger partial charge is 0.396 e. The second-order valence-electron chi connectivity index (χ2n) is 7.82. The van der Waals surface area contributed by atoms with Crippen LogP contribution in [0.3, 0.4) is 0 Å². The number of nitrogens with zero attached hydrogens (tertiary/aromatic N) is 2. The molecule has 1 N–H and O–H groups in total. The van der Waals surface area contributed by atoms with E-state index in [0.717, 1.165) is 37.5 Å². The molecule has 1 amide bonds. The zero-order valence-electron chi connectivity index (χ0n) is 16.0. The summed E-state index contributed by atoms with van der Waals surface area (Å²) in [6.07, 6.45) is 4.68. The summed E-state index contributed by atoms with van der Waals surface area (Å²) in [5.74, 6) is 0.209. The third-order valence-electron chi connectivity index (χ3n) is 6.04. The van der Waals surface area contributed by atoms with E-state index in [1.807, 2.05) is 35.2 Å². The minimum Gasteiger partial charge on any atom is -0.396 e. The minimum absolute atomic E-state index is 0.0883. The van der Waals surface area contributed by atoms with Gasteiger partial charge in [-0.05, 0) is 55.2 Å². The molecule has 4 rings (SSSR count). The summed E-state index contributed by atoms with van der Waals surface area (Å²) in [6.45, 7) is 1.45. The lowest BCUT2D eigenvalue weighted by atomic mass is 9.75. The molecule has 5 nitrogen and oxygen atoms in total. The molecule has 1 fully saturated rings. The van der Waals surface area contributed by atoms with Gasteiger partial charge in [0.15, 0.2) is 0 Å². The molecular weight excluding hydrogens is 352 g/mol. The summed E-state index contributed by atoms with van der Waals surface area (Å²) in [7, 11) is 0. The number of rotatable bonds is 6. The van der Waals surface area contributed by atoms with E-state index >= 15 is 0 Å². The van der Waals surface area contributed by atoms with E-state index in [-0.39, 0.29) is 17.9 Å². The summed E-state index contributed by atoms with van der Waals surface area (Å²) < 4.78 is 5.33. The standard InChI is InChI=1S/C23H26N2O3/c26-17-23(12-6-9-18-7-2-1-3-8-18)13-15-25(16-14-23)22(27)21-19-10-4-5-11-20(19)24-28-21/h1-5,7-8,10-11,26H,6,9,12-17H2. The van der Waals surface area contributed by atoms with E-state index in [1.54, 1.807) is 0 Å². The number of fused-ring (bicyclic) bond motifs is 1. The molecule has 0 radical (unpaired) electrons. The number of aliphatic hydroxyl groups is 1. The molecule has 0 aliphatic carbocycles.